The lowest BCUT2D eigenvalue weighted by Crippen LogP contribution is -2.38. The van der Waals surface area contributed by atoms with E-state index in [2.05, 4.69) is 36.4 Å². The lowest BCUT2D eigenvalue weighted by Gasteiger charge is -2.30. The molecule has 0 fully saturated rings. The van der Waals surface area contributed by atoms with Gasteiger partial charge in [-0.2, -0.15) is 0 Å². The van der Waals surface area contributed by atoms with Crippen LogP contribution in [0.25, 0.3) is 11.8 Å². The molecule has 1 aliphatic heterocycles. The SMILES string of the molecule is O=c1/c(=C/c2ccc(OCc3ccc(Cl)c(Cl)c3)cc2)sc2n1[C@H](c1ccccc1)C1=C(N=2)c2ccccc2CC1. The molecule has 0 amide bonds. The second kappa shape index (κ2) is 10.8. The molecule has 0 spiro atoms. The van der Waals surface area contributed by atoms with E-state index in [1.54, 1.807) is 12.1 Å². The molecule has 0 saturated carbocycles. The molecule has 1 aromatic heterocycles. The monoisotopic (exact) mass is 594 g/mol. The van der Waals surface area contributed by atoms with Crippen LogP contribution in [0.1, 0.15) is 40.3 Å². The molecule has 2 heterocycles. The molecular formula is C34H24Cl2N2O2S. The lowest BCUT2D eigenvalue weighted by molar-refractivity contribution is 0.306. The number of allylic oxidation sites excluding steroid dienone is 1. The molecule has 0 unspecified atom stereocenters. The van der Waals surface area contributed by atoms with Gasteiger partial charge >= 0.3 is 0 Å². The van der Waals surface area contributed by atoms with Crippen molar-refractivity contribution in [2.45, 2.75) is 25.5 Å². The van der Waals surface area contributed by atoms with E-state index in [4.69, 9.17) is 32.9 Å². The van der Waals surface area contributed by atoms with Crippen LogP contribution in [0.3, 0.4) is 0 Å². The second-order valence-electron chi connectivity index (χ2n) is 10.1. The molecule has 1 aliphatic carbocycles. The maximum atomic E-state index is 13.9. The molecule has 1 atom stereocenters. The molecule has 41 heavy (non-hydrogen) atoms. The van der Waals surface area contributed by atoms with Crippen molar-refractivity contribution in [2.75, 3.05) is 0 Å². The van der Waals surface area contributed by atoms with Gasteiger partial charge in [0.25, 0.3) is 5.56 Å². The normalized spacial score (nSPS) is 16.0. The van der Waals surface area contributed by atoms with E-state index < -0.39 is 0 Å². The lowest BCUT2D eigenvalue weighted by atomic mass is 9.83. The number of aryl methyl sites for hydroxylation is 1. The smallest absolute Gasteiger partial charge is 0.271 e. The summed E-state index contributed by atoms with van der Waals surface area (Å²) in [5.41, 5.74) is 7.63. The molecule has 0 N–H and O–H groups in total. The van der Waals surface area contributed by atoms with Gasteiger partial charge in [0.1, 0.15) is 12.4 Å². The molecule has 2 aliphatic rings. The zero-order valence-corrected chi connectivity index (χ0v) is 24.2. The number of ether oxygens (including phenoxy) is 1. The number of nitrogens with zero attached hydrogens (tertiary/aromatic N) is 2. The predicted molar refractivity (Wildman–Crippen MR) is 166 cm³/mol. The Balaban J connectivity index is 1.25. The summed E-state index contributed by atoms with van der Waals surface area (Å²) >= 11 is 13.6. The zero-order chi connectivity index (χ0) is 27.9. The average molecular weight is 596 g/mol. The van der Waals surface area contributed by atoms with E-state index >= 15 is 0 Å². The Hall–Kier alpha value is -3.90. The molecule has 0 radical (unpaired) electrons. The van der Waals surface area contributed by atoms with E-state index in [1.807, 2.05) is 59.2 Å². The van der Waals surface area contributed by atoms with Crippen LogP contribution < -0.4 is 19.6 Å². The van der Waals surface area contributed by atoms with Crippen LogP contribution in [-0.2, 0) is 13.0 Å². The van der Waals surface area contributed by atoms with E-state index in [0.717, 1.165) is 45.8 Å². The van der Waals surface area contributed by atoms with Crippen molar-refractivity contribution >= 4 is 46.3 Å². The molecule has 7 rings (SSSR count). The molecule has 0 saturated heterocycles. The van der Waals surface area contributed by atoms with E-state index in [0.29, 0.717) is 21.2 Å². The minimum absolute atomic E-state index is 0.0204. The summed E-state index contributed by atoms with van der Waals surface area (Å²) in [7, 11) is 0. The fourth-order valence-corrected chi connectivity index (χ4v) is 6.89. The van der Waals surface area contributed by atoms with Crippen molar-refractivity contribution in [3.8, 4) is 5.75 Å². The van der Waals surface area contributed by atoms with Gasteiger partial charge in [-0.3, -0.25) is 9.36 Å². The van der Waals surface area contributed by atoms with Crippen LogP contribution in [0, 0.1) is 0 Å². The number of halogens is 2. The Labute approximate surface area is 251 Å². The highest BCUT2D eigenvalue weighted by molar-refractivity contribution is 7.07. The molecule has 5 aromatic rings. The predicted octanol–water partition coefficient (Wildman–Crippen LogP) is 7.20. The highest BCUT2D eigenvalue weighted by atomic mass is 35.5. The largest absolute Gasteiger partial charge is 0.489 e. The summed E-state index contributed by atoms with van der Waals surface area (Å²) in [6, 6.07) is 31.8. The molecule has 4 nitrogen and oxygen atoms in total. The van der Waals surface area contributed by atoms with Crippen molar-refractivity contribution in [1.29, 1.82) is 0 Å². The van der Waals surface area contributed by atoms with Crippen molar-refractivity contribution in [3.63, 3.8) is 0 Å². The maximum Gasteiger partial charge on any atom is 0.271 e. The van der Waals surface area contributed by atoms with E-state index in [9.17, 15) is 4.79 Å². The quantitative estimate of drug-likeness (QED) is 0.216. The van der Waals surface area contributed by atoms with Crippen LogP contribution in [0.15, 0.2) is 112 Å². The van der Waals surface area contributed by atoms with Gasteiger partial charge in [0, 0.05) is 5.56 Å². The van der Waals surface area contributed by atoms with Gasteiger partial charge in [-0.1, -0.05) is 107 Å². The minimum Gasteiger partial charge on any atom is -0.489 e. The maximum absolute atomic E-state index is 13.9. The number of thiazole rings is 1. The summed E-state index contributed by atoms with van der Waals surface area (Å²) in [5.74, 6) is 0.727. The van der Waals surface area contributed by atoms with Gasteiger partial charge in [0.2, 0.25) is 0 Å². The third kappa shape index (κ3) is 4.95. The number of rotatable bonds is 5. The van der Waals surface area contributed by atoms with Crippen molar-refractivity contribution in [1.82, 2.24) is 4.57 Å². The number of hydrogen-bond donors (Lipinski definition) is 0. The van der Waals surface area contributed by atoms with Crippen LogP contribution >= 0.6 is 34.5 Å². The number of benzene rings is 4. The van der Waals surface area contributed by atoms with Gasteiger partial charge in [0.15, 0.2) is 4.80 Å². The molecule has 202 valence electrons. The first-order valence-electron chi connectivity index (χ1n) is 13.4. The fourth-order valence-electron chi connectivity index (χ4n) is 5.57. The van der Waals surface area contributed by atoms with Gasteiger partial charge < -0.3 is 4.74 Å². The van der Waals surface area contributed by atoms with Gasteiger partial charge in [-0.05, 0) is 71.0 Å². The summed E-state index contributed by atoms with van der Waals surface area (Å²) in [6.45, 7) is 0.377. The second-order valence-corrected chi connectivity index (χ2v) is 12.0. The summed E-state index contributed by atoms with van der Waals surface area (Å²) in [6.07, 6.45) is 3.76. The highest BCUT2D eigenvalue weighted by Crippen LogP contribution is 2.41. The van der Waals surface area contributed by atoms with Gasteiger partial charge in [-0.15, -0.1) is 0 Å². The molecule has 7 heteroatoms. The van der Waals surface area contributed by atoms with Crippen LogP contribution in [0.5, 0.6) is 5.75 Å². The molecule has 0 bridgehead atoms. The number of fused-ring (bicyclic) bond motifs is 3. The van der Waals surface area contributed by atoms with Crippen LogP contribution in [0.4, 0.5) is 0 Å². The minimum atomic E-state index is -0.171. The zero-order valence-electron chi connectivity index (χ0n) is 21.9. The van der Waals surface area contributed by atoms with Crippen molar-refractivity contribution in [3.05, 3.63) is 160 Å². The first kappa shape index (κ1) is 26.0. The Morgan fingerprint density at radius 2 is 1.68 bits per heavy atom. The van der Waals surface area contributed by atoms with Crippen LogP contribution in [0.2, 0.25) is 10.0 Å². The Bertz CT molecular complexity index is 1990. The Morgan fingerprint density at radius 1 is 0.902 bits per heavy atom. The molecule has 4 aromatic carbocycles. The highest BCUT2D eigenvalue weighted by Gasteiger charge is 2.32. The Kier molecular flexibility index (Phi) is 6.87. The number of hydrogen-bond acceptors (Lipinski definition) is 4. The van der Waals surface area contributed by atoms with E-state index in [-0.39, 0.29) is 11.6 Å². The van der Waals surface area contributed by atoms with E-state index in [1.165, 1.54) is 28.0 Å². The van der Waals surface area contributed by atoms with Gasteiger partial charge in [0.05, 0.1) is 26.3 Å². The third-order valence-corrected chi connectivity index (χ3v) is 9.28. The Morgan fingerprint density at radius 3 is 2.49 bits per heavy atom. The third-order valence-electron chi connectivity index (χ3n) is 7.56. The standard InChI is InChI=1S/C34H24Cl2N2O2S/c35-28-17-12-22(18-29(28)36)20-40-25-14-10-21(11-15-25)19-30-33(39)38-32(24-7-2-1-3-8-24)27-16-13-23-6-4-5-9-26(23)31(27)37-34(38)41-30/h1-12,14-15,17-19,32H,13,16,20H2/b30-19-/t32-/m1/s1. The summed E-state index contributed by atoms with van der Waals surface area (Å²) < 4.78 is 8.47. The van der Waals surface area contributed by atoms with Crippen molar-refractivity contribution < 1.29 is 4.74 Å². The summed E-state index contributed by atoms with van der Waals surface area (Å²) in [4.78, 5) is 19.7. The number of aromatic nitrogens is 1. The van der Waals surface area contributed by atoms with Gasteiger partial charge in [-0.25, -0.2) is 4.99 Å². The molecular weight excluding hydrogens is 571 g/mol. The average Bonchev–Trinajstić information content (AvgIpc) is 3.31. The summed E-state index contributed by atoms with van der Waals surface area (Å²) in [5, 5.41) is 1.02. The topological polar surface area (TPSA) is 43.6 Å². The van der Waals surface area contributed by atoms with Crippen LogP contribution in [-0.4, -0.2) is 4.57 Å². The first-order valence-corrected chi connectivity index (χ1v) is 15.0. The van der Waals surface area contributed by atoms with Crippen molar-refractivity contribution in [2.24, 2.45) is 4.99 Å². The first-order chi connectivity index (χ1) is 20.0. The fraction of sp³-hybridized carbons (Fsp3) is 0.118.